The number of carbonyl (C=O) groups is 1. The fourth-order valence-corrected chi connectivity index (χ4v) is 11.1. The van der Waals surface area contributed by atoms with Crippen molar-refractivity contribution in [3.05, 3.63) is 57.6 Å². The molecule has 0 saturated carbocycles. The summed E-state index contributed by atoms with van der Waals surface area (Å²) in [5.74, 6) is 5.12. The van der Waals surface area contributed by atoms with Crippen molar-refractivity contribution in [2.45, 2.75) is 201 Å². The maximum absolute atomic E-state index is 11.9. The van der Waals surface area contributed by atoms with Crippen molar-refractivity contribution in [1.29, 1.82) is 0 Å². The van der Waals surface area contributed by atoms with Crippen LogP contribution in [0.4, 0.5) is 4.79 Å². The van der Waals surface area contributed by atoms with Crippen molar-refractivity contribution < 1.29 is 51.7 Å². The van der Waals surface area contributed by atoms with Crippen molar-refractivity contribution in [3.63, 3.8) is 0 Å². The van der Waals surface area contributed by atoms with Crippen LogP contribution in [0.2, 0.25) is 0 Å². The number of benzene rings is 2. The van der Waals surface area contributed by atoms with Gasteiger partial charge in [-0.3, -0.25) is 28.9 Å². The number of phenolic OH excluding ortho intramolecular Hbond substituents is 2. The van der Waals surface area contributed by atoms with E-state index in [1.165, 1.54) is 62.5 Å². The van der Waals surface area contributed by atoms with Crippen LogP contribution in [-0.4, -0.2) is 135 Å². The first-order chi connectivity index (χ1) is 31.7. The van der Waals surface area contributed by atoms with E-state index in [4.69, 9.17) is 25.0 Å². The van der Waals surface area contributed by atoms with Crippen molar-refractivity contribution >= 4 is 30.3 Å². The molecule has 70 heavy (non-hydrogen) atoms. The molecule has 392 valence electrons. The van der Waals surface area contributed by atoms with Gasteiger partial charge in [0.2, 0.25) is 11.7 Å². The van der Waals surface area contributed by atoms with Crippen molar-refractivity contribution in [3.8, 4) is 11.5 Å². The molecule has 0 bridgehead atoms. The Morgan fingerprint density at radius 1 is 0.614 bits per heavy atom. The van der Waals surface area contributed by atoms with Gasteiger partial charge in [-0.05, 0) is 122 Å². The second-order valence-electron chi connectivity index (χ2n) is 24.7. The number of hydrogen-bond donors (Lipinski definition) is 4. The van der Waals surface area contributed by atoms with Crippen LogP contribution in [-0.2, 0) is 39.0 Å². The third kappa shape index (κ3) is 16.1. The van der Waals surface area contributed by atoms with E-state index in [0.717, 1.165) is 87.2 Å². The molecule has 12 heteroatoms. The Hall–Kier alpha value is -3.88. The van der Waals surface area contributed by atoms with E-state index in [1.807, 2.05) is 12.4 Å². The van der Waals surface area contributed by atoms with Gasteiger partial charge in [0.25, 0.3) is 0 Å². The van der Waals surface area contributed by atoms with E-state index in [-0.39, 0.29) is 58.5 Å². The van der Waals surface area contributed by atoms with Gasteiger partial charge in [-0.2, -0.15) is 0 Å². The average molecular weight is 1010 g/mol. The first-order valence-electron chi connectivity index (χ1n) is 26.1. The van der Waals surface area contributed by atoms with Crippen molar-refractivity contribution in [2.75, 3.05) is 53.4 Å². The molecule has 6 rings (SSSR count). The Morgan fingerprint density at radius 2 is 0.943 bits per heavy atom. The van der Waals surface area contributed by atoms with E-state index in [9.17, 15) is 10.2 Å². The number of phenols is 2. The summed E-state index contributed by atoms with van der Waals surface area (Å²) >= 11 is 0. The molecule has 11 nitrogen and oxygen atoms in total. The number of rotatable bonds is 13. The van der Waals surface area contributed by atoms with Gasteiger partial charge in [-0.15, -0.1) is 0 Å². The Kier molecular flexibility index (Phi) is 21.7. The molecule has 4 aliphatic heterocycles. The van der Waals surface area contributed by atoms with Gasteiger partial charge in [0.1, 0.15) is 11.5 Å². The topological polar surface area (TPSA) is 135 Å². The van der Waals surface area contributed by atoms with E-state index in [0.29, 0.717) is 23.3 Å². The number of aromatic hydroxyl groups is 2. The van der Waals surface area contributed by atoms with Crippen LogP contribution in [0.5, 0.6) is 11.5 Å². The molecule has 0 aliphatic carbocycles. The van der Waals surface area contributed by atoms with Gasteiger partial charge < -0.3 is 20.4 Å². The number of nitrogens with zero attached hydrogens (tertiary/aromatic N) is 6. The quantitative estimate of drug-likeness (QED) is 0.116. The van der Waals surface area contributed by atoms with E-state index < -0.39 is 6.16 Å². The van der Waals surface area contributed by atoms with E-state index in [2.05, 4.69) is 140 Å². The number of aliphatic imine (C=N–C) groups is 2. The van der Waals surface area contributed by atoms with Crippen molar-refractivity contribution in [1.82, 2.24) is 9.80 Å². The second kappa shape index (κ2) is 25.2. The summed E-state index contributed by atoms with van der Waals surface area (Å²) in [6.07, 6.45) is 16.2. The number of piperidine rings is 2. The van der Waals surface area contributed by atoms with Crippen LogP contribution >= 0.6 is 0 Å². The molecule has 4 aliphatic rings. The fourth-order valence-electron chi connectivity index (χ4n) is 11.1. The molecule has 4 unspecified atom stereocenters. The van der Waals surface area contributed by atoms with E-state index >= 15 is 0 Å². The SMILES string of the molecule is C.C[N+]1=C2C(CCCN2CCCC(N=Cc2cc(C(C)(C)C)cc(C(C)(C)C)c2O)C(CCCN2CCCC3CCC[N+](C)=C32)N=Cc2cc(C(C)(C)C)cc(C(C)(C)C)c2O)CCC1.O=C(O)O.[Cr]. The third-order valence-corrected chi connectivity index (χ3v) is 15.0. The zero-order valence-corrected chi connectivity index (χ0v) is 46.6. The zero-order chi connectivity index (χ0) is 50.4. The summed E-state index contributed by atoms with van der Waals surface area (Å²) < 4.78 is 5.07. The van der Waals surface area contributed by atoms with Crippen LogP contribution in [0.25, 0.3) is 0 Å². The van der Waals surface area contributed by atoms with Crippen LogP contribution in [0.3, 0.4) is 0 Å². The largest absolute Gasteiger partial charge is 0.507 e. The molecule has 4 heterocycles. The second-order valence-corrected chi connectivity index (χ2v) is 24.7. The summed E-state index contributed by atoms with van der Waals surface area (Å²) in [7, 11) is 4.59. The summed E-state index contributed by atoms with van der Waals surface area (Å²) in [6, 6.07) is 8.47. The van der Waals surface area contributed by atoms with Crippen LogP contribution in [0.15, 0.2) is 34.3 Å². The Balaban J connectivity index is 0.00000208. The summed E-state index contributed by atoms with van der Waals surface area (Å²) in [4.78, 5) is 25.0. The molecular formula is C58H96CrN6O5+2. The third-order valence-electron chi connectivity index (χ3n) is 15.0. The Morgan fingerprint density at radius 3 is 1.26 bits per heavy atom. The van der Waals surface area contributed by atoms with Gasteiger partial charge in [-0.1, -0.05) is 103 Å². The maximum atomic E-state index is 11.9. The van der Waals surface area contributed by atoms with Crippen LogP contribution in [0, 0.1) is 11.8 Å². The molecule has 2 aromatic rings. The monoisotopic (exact) mass is 1010 g/mol. The number of amidine groups is 2. The molecular weight excluding hydrogens is 913 g/mol. The molecule has 0 aromatic heterocycles. The van der Waals surface area contributed by atoms with Gasteiger partial charge in [0.15, 0.2) is 0 Å². The summed E-state index contributed by atoms with van der Waals surface area (Å²) in [5, 5.41) is 37.8. The number of hydrogen-bond acceptors (Lipinski definition) is 7. The predicted molar refractivity (Wildman–Crippen MR) is 289 cm³/mol. The fraction of sp³-hybridized carbons (Fsp3) is 0.707. The normalized spacial score (nSPS) is 20.0. The average Bonchev–Trinajstić information content (AvgIpc) is 3.22. The minimum Gasteiger partial charge on any atom is -0.507 e. The van der Waals surface area contributed by atoms with Gasteiger partial charge in [0.05, 0.1) is 77.3 Å². The molecule has 0 amide bonds. The minimum atomic E-state index is -1.83. The summed E-state index contributed by atoms with van der Waals surface area (Å²) in [5.41, 5.74) is 5.22. The molecule has 4 atom stereocenters. The van der Waals surface area contributed by atoms with Gasteiger partial charge in [-0.25, -0.2) is 4.79 Å². The van der Waals surface area contributed by atoms with Crippen LogP contribution < -0.4 is 0 Å². The van der Waals surface area contributed by atoms with Crippen molar-refractivity contribution in [2.24, 2.45) is 21.8 Å². The summed E-state index contributed by atoms with van der Waals surface area (Å²) in [6.45, 7) is 33.1. The number of carboxylic acid groups (broad SMARTS) is 2. The standard InChI is InChI=1S/C56H88N6O2.CH2O3.CH4.Cr/c1-53(2,3)43-33-41(49(63)45(35-43)55(7,8)9)37-57-47(25-19-31-61-29-17-23-39-21-15-27-59(13)51(39)61)48(26-20-32-62-30-18-24-40-22-16-28-60(14)52(40)62)58-38-42-34-44(54(4,5)6)36-46(50(42)64)56(10,11)12;2-1(3)4;;/h33-40,47-48H,15-32H2,1-14H3;(H2,2,3,4);1H4;/p+2. The zero-order valence-electron chi connectivity index (χ0n) is 45.3. The minimum absolute atomic E-state index is 0. The molecule has 2 saturated heterocycles. The van der Waals surface area contributed by atoms with Gasteiger partial charge in [0, 0.05) is 52.0 Å². The number of likely N-dealkylation sites (tertiary alicyclic amines) is 2. The Bertz CT molecular complexity index is 2030. The predicted octanol–water partition coefficient (Wildman–Crippen LogP) is 12.1. The van der Waals surface area contributed by atoms with Crippen LogP contribution in [0.1, 0.15) is 201 Å². The smallest absolute Gasteiger partial charge is 0.503 e. The van der Waals surface area contributed by atoms with Gasteiger partial charge >= 0.3 is 6.16 Å². The molecule has 0 spiro atoms. The number of fused-ring (bicyclic) bond motifs is 2. The van der Waals surface area contributed by atoms with E-state index in [1.54, 1.807) is 11.7 Å². The Labute approximate surface area is 435 Å². The molecule has 2 fully saturated rings. The first-order valence-corrected chi connectivity index (χ1v) is 26.1. The maximum Gasteiger partial charge on any atom is 0.503 e. The first kappa shape index (κ1) is 60.4. The molecule has 2 aromatic carbocycles. The molecule has 0 radical (unpaired) electrons. The molecule has 4 N–H and O–H groups in total.